The van der Waals surface area contributed by atoms with Gasteiger partial charge in [-0.3, -0.25) is 9.80 Å². The van der Waals surface area contributed by atoms with Gasteiger partial charge in [-0.2, -0.15) is 0 Å². The maximum atomic E-state index is 2.73. The Morgan fingerprint density at radius 3 is 2.79 bits per heavy atom. The van der Waals surface area contributed by atoms with Crippen molar-refractivity contribution in [3.63, 3.8) is 0 Å². The van der Waals surface area contributed by atoms with E-state index in [1.54, 1.807) is 0 Å². The highest BCUT2D eigenvalue weighted by Gasteiger charge is 2.32. The van der Waals surface area contributed by atoms with E-state index in [1.165, 1.54) is 57.4 Å². The maximum absolute atomic E-state index is 2.73. The average molecular weight is 258 g/mol. The van der Waals surface area contributed by atoms with E-state index in [-0.39, 0.29) is 0 Å². The summed E-state index contributed by atoms with van der Waals surface area (Å²) in [7, 11) is 0. The Kier molecular flexibility index (Phi) is 4.19. The second-order valence-corrected chi connectivity index (χ2v) is 6.22. The number of piperazine rings is 1. The van der Waals surface area contributed by atoms with Crippen LogP contribution in [0.3, 0.4) is 0 Å². The fourth-order valence-corrected chi connectivity index (χ4v) is 3.64. The zero-order chi connectivity index (χ0) is 13.1. The van der Waals surface area contributed by atoms with E-state index in [1.807, 2.05) is 0 Å². The average Bonchev–Trinajstić information content (AvgIpc) is 2.46. The molecule has 2 aliphatic rings. The lowest BCUT2D eigenvalue weighted by molar-refractivity contribution is 0.0160. The van der Waals surface area contributed by atoms with Crippen LogP contribution < -0.4 is 0 Å². The molecule has 2 heterocycles. The van der Waals surface area contributed by atoms with Crippen LogP contribution in [0.25, 0.3) is 0 Å². The number of fused-ring (bicyclic) bond motifs is 1. The third kappa shape index (κ3) is 3.18. The molecule has 19 heavy (non-hydrogen) atoms. The van der Waals surface area contributed by atoms with Gasteiger partial charge in [0, 0.05) is 31.7 Å². The standard InChI is InChI=1S/C17H26N2/c1-15-13-19-11-6-5-9-17(19)14-18(15)12-10-16-7-3-2-4-8-16/h2-4,7-8,15,17H,5-6,9-14H2,1H3. The smallest absolute Gasteiger partial charge is 0.0223 e. The summed E-state index contributed by atoms with van der Waals surface area (Å²) in [5.41, 5.74) is 1.47. The van der Waals surface area contributed by atoms with Crippen molar-refractivity contribution >= 4 is 0 Å². The second-order valence-electron chi connectivity index (χ2n) is 6.22. The molecule has 0 saturated carbocycles. The minimum atomic E-state index is 0.720. The van der Waals surface area contributed by atoms with Crippen LogP contribution in [0.1, 0.15) is 31.7 Å². The van der Waals surface area contributed by atoms with E-state index in [2.05, 4.69) is 47.1 Å². The minimum Gasteiger partial charge on any atom is -0.298 e. The summed E-state index contributed by atoms with van der Waals surface area (Å²) in [6, 6.07) is 12.5. The monoisotopic (exact) mass is 258 g/mol. The number of rotatable bonds is 3. The van der Waals surface area contributed by atoms with Crippen molar-refractivity contribution < 1.29 is 0 Å². The summed E-state index contributed by atoms with van der Waals surface area (Å²) in [6.07, 6.45) is 5.45. The van der Waals surface area contributed by atoms with Crippen LogP contribution in [-0.2, 0) is 6.42 Å². The molecule has 0 spiro atoms. The molecule has 3 rings (SSSR count). The SMILES string of the molecule is CC1CN2CCCCC2CN1CCc1ccccc1. The lowest BCUT2D eigenvalue weighted by Gasteiger charge is -2.47. The number of piperidine rings is 1. The Balaban J connectivity index is 1.55. The van der Waals surface area contributed by atoms with Gasteiger partial charge in [-0.1, -0.05) is 36.8 Å². The zero-order valence-electron chi connectivity index (χ0n) is 12.1. The highest BCUT2D eigenvalue weighted by Crippen LogP contribution is 2.24. The third-order valence-corrected chi connectivity index (χ3v) is 4.85. The molecule has 0 N–H and O–H groups in total. The van der Waals surface area contributed by atoms with Gasteiger partial charge >= 0.3 is 0 Å². The highest BCUT2D eigenvalue weighted by atomic mass is 15.3. The fourth-order valence-electron chi connectivity index (χ4n) is 3.64. The highest BCUT2D eigenvalue weighted by molar-refractivity contribution is 5.15. The van der Waals surface area contributed by atoms with Crippen LogP contribution >= 0.6 is 0 Å². The first-order valence-electron chi connectivity index (χ1n) is 7.85. The van der Waals surface area contributed by atoms with E-state index >= 15 is 0 Å². The first-order valence-corrected chi connectivity index (χ1v) is 7.85. The summed E-state index contributed by atoms with van der Waals surface area (Å²) in [5.74, 6) is 0. The van der Waals surface area contributed by atoms with Crippen molar-refractivity contribution in [1.82, 2.24) is 9.80 Å². The lowest BCUT2D eigenvalue weighted by atomic mass is 9.97. The molecule has 2 nitrogen and oxygen atoms in total. The Bertz CT molecular complexity index is 390. The van der Waals surface area contributed by atoms with Crippen LogP contribution in [0.15, 0.2) is 30.3 Å². The summed E-state index contributed by atoms with van der Waals surface area (Å²) in [6.45, 7) is 7.51. The first-order chi connectivity index (χ1) is 9.33. The van der Waals surface area contributed by atoms with Crippen molar-refractivity contribution in [2.45, 2.75) is 44.7 Å². The quantitative estimate of drug-likeness (QED) is 0.822. The number of hydrogen-bond donors (Lipinski definition) is 0. The Morgan fingerprint density at radius 1 is 1.11 bits per heavy atom. The predicted octanol–water partition coefficient (Wildman–Crippen LogP) is 2.79. The Morgan fingerprint density at radius 2 is 1.95 bits per heavy atom. The van der Waals surface area contributed by atoms with Crippen LogP contribution in [0.5, 0.6) is 0 Å². The Hall–Kier alpha value is -0.860. The van der Waals surface area contributed by atoms with Crippen molar-refractivity contribution in [3.8, 4) is 0 Å². The molecule has 1 aromatic rings. The molecule has 2 fully saturated rings. The van der Waals surface area contributed by atoms with E-state index < -0.39 is 0 Å². The van der Waals surface area contributed by atoms with E-state index in [4.69, 9.17) is 0 Å². The largest absolute Gasteiger partial charge is 0.298 e. The zero-order valence-corrected chi connectivity index (χ0v) is 12.1. The van der Waals surface area contributed by atoms with Gasteiger partial charge in [-0.25, -0.2) is 0 Å². The van der Waals surface area contributed by atoms with Gasteiger partial charge in [0.05, 0.1) is 0 Å². The van der Waals surface area contributed by atoms with Crippen LogP contribution in [0.2, 0.25) is 0 Å². The molecule has 104 valence electrons. The van der Waals surface area contributed by atoms with Crippen molar-refractivity contribution in [1.29, 1.82) is 0 Å². The van der Waals surface area contributed by atoms with Gasteiger partial charge in [0.2, 0.25) is 0 Å². The van der Waals surface area contributed by atoms with Gasteiger partial charge in [0.15, 0.2) is 0 Å². The number of benzene rings is 1. The second kappa shape index (κ2) is 6.06. The summed E-state index contributed by atoms with van der Waals surface area (Å²) in [5, 5.41) is 0. The molecule has 1 aromatic carbocycles. The molecule has 0 aromatic heterocycles. The number of nitrogens with zero attached hydrogens (tertiary/aromatic N) is 2. The van der Waals surface area contributed by atoms with Crippen molar-refractivity contribution in [2.75, 3.05) is 26.2 Å². The van der Waals surface area contributed by atoms with Crippen LogP contribution in [-0.4, -0.2) is 48.1 Å². The summed E-state index contributed by atoms with van der Waals surface area (Å²) < 4.78 is 0. The Labute approximate surface area is 117 Å². The molecular formula is C17H26N2. The van der Waals surface area contributed by atoms with Crippen molar-refractivity contribution in [2.24, 2.45) is 0 Å². The molecule has 2 atom stereocenters. The molecule has 2 unspecified atom stereocenters. The first kappa shape index (κ1) is 13.1. The van der Waals surface area contributed by atoms with E-state index in [0.29, 0.717) is 0 Å². The molecule has 0 amide bonds. The van der Waals surface area contributed by atoms with Gasteiger partial charge in [-0.15, -0.1) is 0 Å². The van der Waals surface area contributed by atoms with Gasteiger partial charge in [0.1, 0.15) is 0 Å². The molecular weight excluding hydrogens is 232 g/mol. The van der Waals surface area contributed by atoms with Crippen LogP contribution in [0, 0.1) is 0 Å². The maximum Gasteiger partial charge on any atom is 0.0223 e. The normalized spacial score (nSPS) is 29.1. The summed E-state index contributed by atoms with van der Waals surface area (Å²) in [4.78, 5) is 5.44. The molecule has 0 radical (unpaired) electrons. The molecule has 2 heteroatoms. The molecule has 2 saturated heterocycles. The van der Waals surface area contributed by atoms with Gasteiger partial charge in [0.25, 0.3) is 0 Å². The predicted molar refractivity (Wildman–Crippen MR) is 80.4 cm³/mol. The lowest BCUT2D eigenvalue weighted by Crippen LogP contribution is -2.58. The minimum absolute atomic E-state index is 0.720. The topological polar surface area (TPSA) is 6.48 Å². The fraction of sp³-hybridized carbons (Fsp3) is 0.647. The molecule has 0 aliphatic carbocycles. The van der Waals surface area contributed by atoms with E-state index in [9.17, 15) is 0 Å². The molecule has 0 bridgehead atoms. The summed E-state index contributed by atoms with van der Waals surface area (Å²) >= 11 is 0. The number of hydrogen-bond acceptors (Lipinski definition) is 2. The third-order valence-electron chi connectivity index (χ3n) is 4.85. The van der Waals surface area contributed by atoms with E-state index in [0.717, 1.165) is 12.1 Å². The van der Waals surface area contributed by atoms with Crippen molar-refractivity contribution in [3.05, 3.63) is 35.9 Å². The van der Waals surface area contributed by atoms with Gasteiger partial charge < -0.3 is 0 Å². The van der Waals surface area contributed by atoms with Gasteiger partial charge in [-0.05, 0) is 38.3 Å². The van der Waals surface area contributed by atoms with Crippen LogP contribution in [0.4, 0.5) is 0 Å². The molecule has 2 aliphatic heterocycles.